The molecule has 4 nitrogen and oxygen atoms in total. The largest absolute Gasteiger partial charge is 0.478 e. The summed E-state index contributed by atoms with van der Waals surface area (Å²) in [5.41, 5.74) is 2.28. The fourth-order valence-electron chi connectivity index (χ4n) is 1.91. The third kappa shape index (κ3) is 2.70. The molecule has 19 heavy (non-hydrogen) atoms. The molecule has 0 radical (unpaired) electrons. The van der Waals surface area contributed by atoms with Gasteiger partial charge >= 0.3 is 5.97 Å². The Kier molecular flexibility index (Phi) is 3.46. The predicted molar refractivity (Wildman–Crippen MR) is 69.7 cm³/mol. The van der Waals surface area contributed by atoms with Crippen molar-refractivity contribution in [1.82, 2.24) is 9.78 Å². The number of carboxylic acids is 1. The summed E-state index contributed by atoms with van der Waals surface area (Å²) in [4.78, 5) is 10.6. The summed E-state index contributed by atoms with van der Waals surface area (Å²) in [6, 6.07) is 6.33. The summed E-state index contributed by atoms with van der Waals surface area (Å²) in [5, 5.41) is 12.9. The smallest absolute Gasteiger partial charge is 0.328 e. The zero-order valence-corrected chi connectivity index (χ0v) is 10.6. The second kappa shape index (κ2) is 5.06. The van der Waals surface area contributed by atoms with Crippen LogP contribution in [0.25, 0.3) is 11.8 Å². The molecule has 0 unspecified atom stereocenters. The van der Waals surface area contributed by atoms with E-state index in [4.69, 9.17) is 5.11 Å². The van der Waals surface area contributed by atoms with Crippen LogP contribution in [0.1, 0.15) is 17.0 Å². The summed E-state index contributed by atoms with van der Waals surface area (Å²) in [6.07, 6.45) is 2.33. The minimum absolute atomic E-state index is 0.255. The quantitative estimate of drug-likeness (QED) is 0.863. The van der Waals surface area contributed by atoms with Gasteiger partial charge in [0.05, 0.1) is 5.69 Å². The lowest BCUT2D eigenvalue weighted by molar-refractivity contribution is -0.131. The van der Waals surface area contributed by atoms with Gasteiger partial charge in [-0.3, -0.25) is 0 Å². The van der Waals surface area contributed by atoms with Crippen molar-refractivity contribution in [3.05, 3.63) is 53.1 Å². The van der Waals surface area contributed by atoms with Crippen molar-refractivity contribution in [1.29, 1.82) is 0 Å². The minimum atomic E-state index is -1.08. The molecule has 1 aromatic carbocycles. The highest BCUT2D eigenvalue weighted by atomic mass is 19.1. The van der Waals surface area contributed by atoms with Crippen LogP contribution in [0.2, 0.25) is 0 Å². The molecule has 0 bridgehead atoms. The first-order valence-electron chi connectivity index (χ1n) is 5.72. The first-order valence-corrected chi connectivity index (χ1v) is 5.72. The molecule has 0 aliphatic rings. The van der Waals surface area contributed by atoms with Gasteiger partial charge < -0.3 is 5.11 Å². The predicted octanol–water partition coefficient (Wildman–Crippen LogP) is 2.73. The Morgan fingerprint density at radius 1 is 1.42 bits per heavy atom. The van der Waals surface area contributed by atoms with Gasteiger partial charge in [0.2, 0.25) is 0 Å². The SMILES string of the molecule is Cc1cc(C)n(-c2c(F)cccc2/C=C/C(=O)O)n1. The van der Waals surface area contributed by atoms with E-state index in [2.05, 4.69) is 5.10 Å². The average molecular weight is 260 g/mol. The minimum Gasteiger partial charge on any atom is -0.478 e. The molecular formula is C14H13FN2O2. The number of halogens is 1. The van der Waals surface area contributed by atoms with E-state index in [0.717, 1.165) is 17.5 Å². The zero-order chi connectivity index (χ0) is 14.0. The molecule has 0 saturated carbocycles. The lowest BCUT2D eigenvalue weighted by Gasteiger charge is -2.09. The summed E-state index contributed by atoms with van der Waals surface area (Å²) in [5.74, 6) is -1.53. The third-order valence-corrected chi connectivity index (χ3v) is 2.64. The van der Waals surface area contributed by atoms with Gasteiger partial charge in [0.15, 0.2) is 0 Å². The van der Waals surface area contributed by atoms with Crippen molar-refractivity contribution in [3.63, 3.8) is 0 Å². The molecule has 1 aromatic heterocycles. The molecule has 1 N–H and O–H groups in total. The molecular weight excluding hydrogens is 247 g/mol. The van der Waals surface area contributed by atoms with Crippen LogP contribution < -0.4 is 0 Å². The van der Waals surface area contributed by atoms with Gasteiger partial charge in [0.25, 0.3) is 0 Å². The zero-order valence-electron chi connectivity index (χ0n) is 10.6. The van der Waals surface area contributed by atoms with E-state index >= 15 is 0 Å². The summed E-state index contributed by atoms with van der Waals surface area (Å²) in [7, 11) is 0. The van der Waals surface area contributed by atoms with Crippen LogP contribution >= 0.6 is 0 Å². The lowest BCUT2D eigenvalue weighted by Crippen LogP contribution is -2.04. The number of nitrogens with zero attached hydrogens (tertiary/aromatic N) is 2. The maximum atomic E-state index is 14.0. The molecule has 2 rings (SSSR count). The van der Waals surface area contributed by atoms with Gasteiger partial charge in [-0.2, -0.15) is 5.10 Å². The number of rotatable bonds is 3. The van der Waals surface area contributed by atoms with Gasteiger partial charge in [-0.15, -0.1) is 0 Å². The molecule has 0 spiro atoms. The molecule has 2 aromatic rings. The fourth-order valence-corrected chi connectivity index (χ4v) is 1.91. The van der Waals surface area contributed by atoms with Crippen LogP contribution in [0.3, 0.4) is 0 Å². The fraction of sp³-hybridized carbons (Fsp3) is 0.143. The first kappa shape index (κ1) is 13.0. The van der Waals surface area contributed by atoms with E-state index in [1.165, 1.54) is 22.9 Å². The lowest BCUT2D eigenvalue weighted by atomic mass is 10.1. The van der Waals surface area contributed by atoms with Crippen molar-refractivity contribution in [2.45, 2.75) is 13.8 Å². The second-order valence-corrected chi connectivity index (χ2v) is 4.19. The van der Waals surface area contributed by atoms with Crippen molar-refractivity contribution in [2.75, 3.05) is 0 Å². The average Bonchev–Trinajstić information content (AvgIpc) is 2.65. The molecule has 5 heteroatoms. The Morgan fingerprint density at radius 2 is 2.16 bits per heavy atom. The maximum Gasteiger partial charge on any atom is 0.328 e. The van der Waals surface area contributed by atoms with Crippen molar-refractivity contribution in [2.24, 2.45) is 0 Å². The monoisotopic (exact) mass is 260 g/mol. The molecule has 0 amide bonds. The van der Waals surface area contributed by atoms with Crippen LogP contribution in [0.15, 0.2) is 30.3 Å². The van der Waals surface area contributed by atoms with Crippen LogP contribution in [-0.4, -0.2) is 20.9 Å². The number of aromatic nitrogens is 2. The van der Waals surface area contributed by atoms with Gasteiger partial charge in [0, 0.05) is 17.3 Å². The van der Waals surface area contributed by atoms with Crippen LogP contribution in [0.4, 0.5) is 4.39 Å². The first-order chi connectivity index (χ1) is 8.99. The normalized spacial score (nSPS) is 11.1. The van der Waals surface area contributed by atoms with Crippen molar-refractivity contribution in [3.8, 4) is 5.69 Å². The van der Waals surface area contributed by atoms with E-state index in [1.54, 1.807) is 6.07 Å². The topological polar surface area (TPSA) is 55.1 Å². The Bertz CT molecular complexity index is 659. The van der Waals surface area contributed by atoms with E-state index in [1.807, 2.05) is 19.9 Å². The number of aryl methyl sites for hydroxylation is 2. The molecule has 0 aliphatic carbocycles. The molecule has 0 aliphatic heterocycles. The number of carbonyl (C=O) groups is 1. The molecule has 0 atom stereocenters. The van der Waals surface area contributed by atoms with E-state index in [-0.39, 0.29) is 5.69 Å². The van der Waals surface area contributed by atoms with E-state index in [9.17, 15) is 9.18 Å². The highest BCUT2D eigenvalue weighted by molar-refractivity contribution is 5.86. The van der Waals surface area contributed by atoms with Crippen LogP contribution in [-0.2, 0) is 4.79 Å². The van der Waals surface area contributed by atoms with Crippen LogP contribution in [0.5, 0.6) is 0 Å². The Labute approximate surface area is 109 Å². The summed E-state index contributed by atoms with van der Waals surface area (Å²) in [6.45, 7) is 3.63. The number of hydrogen-bond donors (Lipinski definition) is 1. The Balaban J connectivity index is 2.61. The van der Waals surface area contributed by atoms with Gasteiger partial charge in [-0.05, 0) is 32.1 Å². The number of hydrogen-bond acceptors (Lipinski definition) is 2. The highest BCUT2D eigenvalue weighted by Crippen LogP contribution is 2.21. The van der Waals surface area contributed by atoms with Gasteiger partial charge in [-0.1, -0.05) is 12.1 Å². The Morgan fingerprint density at radius 3 is 2.74 bits per heavy atom. The van der Waals surface area contributed by atoms with Crippen molar-refractivity contribution < 1.29 is 14.3 Å². The highest BCUT2D eigenvalue weighted by Gasteiger charge is 2.12. The van der Waals surface area contributed by atoms with Gasteiger partial charge in [0.1, 0.15) is 11.5 Å². The summed E-state index contributed by atoms with van der Waals surface area (Å²) >= 11 is 0. The number of para-hydroxylation sites is 1. The van der Waals surface area contributed by atoms with E-state index in [0.29, 0.717) is 5.56 Å². The second-order valence-electron chi connectivity index (χ2n) is 4.19. The number of aliphatic carboxylic acids is 1. The van der Waals surface area contributed by atoms with Crippen LogP contribution in [0, 0.1) is 19.7 Å². The standard InChI is InChI=1S/C14H13FN2O2/c1-9-8-10(2)17(16-9)14-11(6-7-13(18)19)4-3-5-12(14)15/h3-8H,1-2H3,(H,18,19)/b7-6+. The Hall–Kier alpha value is -2.43. The molecule has 0 saturated heterocycles. The number of carboxylic acid groups (broad SMARTS) is 1. The third-order valence-electron chi connectivity index (χ3n) is 2.64. The number of benzene rings is 1. The van der Waals surface area contributed by atoms with Gasteiger partial charge in [-0.25, -0.2) is 13.9 Å². The van der Waals surface area contributed by atoms with E-state index < -0.39 is 11.8 Å². The summed E-state index contributed by atoms with van der Waals surface area (Å²) < 4.78 is 15.5. The molecule has 1 heterocycles. The molecule has 98 valence electrons. The maximum absolute atomic E-state index is 14.0. The van der Waals surface area contributed by atoms with Crippen molar-refractivity contribution >= 4 is 12.0 Å². The molecule has 0 fully saturated rings.